The summed E-state index contributed by atoms with van der Waals surface area (Å²) < 4.78 is 10.9. The summed E-state index contributed by atoms with van der Waals surface area (Å²) in [5.41, 5.74) is 1.77. The second kappa shape index (κ2) is 7.38. The zero-order valence-electron chi connectivity index (χ0n) is 13.3. The molecule has 1 heterocycles. The van der Waals surface area contributed by atoms with Gasteiger partial charge in [-0.1, -0.05) is 12.1 Å². The van der Waals surface area contributed by atoms with Crippen molar-refractivity contribution < 1.29 is 14.6 Å². The minimum Gasteiger partial charge on any atom is -0.508 e. The molecule has 2 aromatic rings. The molecule has 1 atom stereocenters. The summed E-state index contributed by atoms with van der Waals surface area (Å²) in [6.45, 7) is 1.73. The van der Waals surface area contributed by atoms with Crippen LogP contribution in [0, 0.1) is 6.07 Å². The quantitative estimate of drug-likeness (QED) is 0.858. The first kappa shape index (κ1) is 15.7. The molecule has 2 N–H and O–H groups in total. The van der Waals surface area contributed by atoms with Crippen molar-refractivity contribution in [1.29, 1.82) is 0 Å². The van der Waals surface area contributed by atoms with Crippen molar-refractivity contribution in [3.05, 3.63) is 42.5 Å². The number of phenols is 1. The van der Waals surface area contributed by atoms with Gasteiger partial charge in [-0.25, -0.2) is 0 Å². The number of benzene rings is 2. The number of aromatic hydroxyl groups is 1. The molecule has 0 aliphatic carbocycles. The first-order valence-corrected chi connectivity index (χ1v) is 8.01. The monoisotopic (exact) mass is 312 g/mol. The van der Waals surface area contributed by atoms with E-state index in [4.69, 9.17) is 9.47 Å². The first-order valence-electron chi connectivity index (χ1n) is 8.01. The molecule has 1 saturated heterocycles. The van der Waals surface area contributed by atoms with Gasteiger partial charge in [-0.05, 0) is 55.1 Å². The Labute approximate surface area is 137 Å². The highest BCUT2D eigenvalue weighted by atomic mass is 16.5. The van der Waals surface area contributed by atoms with Crippen LogP contribution in [-0.4, -0.2) is 31.4 Å². The molecule has 4 heteroatoms. The molecular weight excluding hydrogens is 290 g/mol. The number of ether oxygens (including phenoxy) is 2. The molecule has 1 aliphatic heterocycles. The van der Waals surface area contributed by atoms with Crippen molar-refractivity contribution in [3.63, 3.8) is 0 Å². The van der Waals surface area contributed by atoms with Crippen LogP contribution in [0.4, 0.5) is 0 Å². The molecule has 23 heavy (non-hydrogen) atoms. The van der Waals surface area contributed by atoms with Crippen molar-refractivity contribution in [2.45, 2.75) is 25.3 Å². The molecule has 0 bridgehead atoms. The largest absolute Gasteiger partial charge is 0.508 e. The molecule has 1 fully saturated rings. The molecule has 1 unspecified atom stereocenters. The Morgan fingerprint density at radius 3 is 2.78 bits per heavy atom. The van der Waals surface area contributed by atoms with Crippen LogP contribution in [0.1, 0.15) is 19.3 Å². The molecule has 0 spiro atoms. The maximum atomic E-state index is 9.93. The number of hydrogen-bond donors (Lipinski definition) is 2. The van der Waals surface area contributed by atoms with Crippen molar-refractivity contribution in [1.82, 2.24) is 5.32 Å². The summed E-state index contributed by atoms with van der Waals surface area (Å²) in [5, 5.41) is 13.4. The fourth-order valence-corrected chi connectivity index (χ4v) is 2.85. The van der Waals surface area contributed by atoms with Crippen LogP contribution >= 0.6 is 0 Å². The molecule has 2 aromatic carbocycles. The molecule has 4 nitrogen and oxygen atoms in total. The van der Waals surface area contributed by atoms with E-state index in [-0.39, 0.29) is 5.75 Å². The lowest BCUT2D eigenvalue weighted by atomic mass is 10.0. The van der Waals surface area contributed by atoms with Gasteiger partial charge < -0.3 is 19.9 Å². The molecule has 3 rings (SSSR count). The van der Waals surface area contributed by atoms with Gasteiger partial charge in [-0.15, -0.1) is 0 Å². The highest BCUT2D eigenvalue weighted by Gasteiger charge is 2.13. The van der Waals surface area contributed by atoms with Crippen molar-refractivity contribution in [2.24, 2.45) is 0 Å². The SMILES string of the molecule is COc1ccc(-c2[c]c(OCCC3CCCN3)cc(O)c2)cc1. The van der Waals surface area contributed by atoms with E-state index in [0.29, 0.717) is 18.4 Å². The van der Waals surface area contributed by atoms with Gasteiger partial charge in [-0.2, -0.15) is 0 Å². The van der Waals surface area contributed by atoms with E-state index in [1.807, 2.05) is 24.3 Å². The number of rotatable bonds is 6. The summed E-state index contributed by atoms with van der Waals surface area (Å²) >= 11 is 0. The Morgan fingerprint density at radius 1 is 1.26 bits per heavy atom. The third kappa shape index (κ3) is 4.17. The topological polar surface area (TPSA) is 50.7 Å². The van der Waals surface area contributed by atoms with Crippen molar-refractivity contribution in [3.8, 4) is 28.4 Å². The Balaban J connectivity index is 1.67. The maximum absolute atomic E-state index is 9.93. The van der Waals surface area contributed by atoms with Gasteiger partial charge in [0.25, 0.3) is 0 Å². The molecule has 1 aliphatic rings. The van der Waals surface area contributed by atoms with E-state index >= 15 is 0 Å². The van der Waals surface area contributed by atoms with Gasteiger partial charge >= 0.3 is 0 Å². The molecule has 121 valence electrons. The van der Waals surface area contributed by atoms with Crippen molar-refractivity contribution >= 4 is 0 Å². The summed E-state index contributed by atoms with van der Waals surface area (Å²) in [4.78, 5) is 0. The highest BCUT2D eigenvalue weighted by Crippen LogP contribution is 2.29. The van der Waals surface area contributed by atoms with Gasteiger partial charge in [-0.3, -0.25) is 0 Å². The van der Waals surface area contributed by atoms with Gasteiger partial charge in [0.05, 0.1) is 13.7 Å². The highest BCUT2D eigenvalue weighted by molar-refractivity contribution is 5.67. The predicted molar refractivity (Wildman–Crippen MR) is 90.1 cm³/mol. The Hall–Kier alpha value is -2.20. The van der Waals surface area contributed by atoms with Gasteiger partial charge in [0.2, 0.25) is 0 Å². The van der Waals surface area contributed by atoms with Crippen LogP contribution in [0.5, 0.6) is 17.2 Å². The average molecular weight is 312 g/mol. The molecule has 0 aromatic heterocycles. The fourth-order valence-electron chi connectivity index (χ4n) is 2.85. The van der Waals surface area contributed by atoms with Crippen molar-refractivity contribution in [2.75, 3.05) is 20.3 Å². The van der Waals surface area contributed by atoms with Crippen LogP contribution < -0.4 is 14.8 Å². The predicted octanol–water partition coefficient (Wildman–Crippen LogP) is 3.39. The van der Waals surface area contributed by atoms with Crippen LogP contribution in [0.2, 0.25) is 0 Å². The Morgan fingerprint density at radius 2 is 2.09 bits per heavy atom. The Kier molecular flexibility index (Phi) is 5.03. The third-order valence-corrected chi connectivity index (χ3v) is 4.12. The van der Waals surface area contributed by atoms with E-state index < -0.39 is 0 Å². The summed E-state index contributed by atoms with van der Waals surface area (Å²) in [5.74, 6) is 1.56. The van der Waals surface area contributed by atoms with E-state index in [1.165, 1.54) is 12.8 Å². The first-order chi connectivity index (χ1) is 11.2. The summed E-state index contributed by atoms with van der Waals surface area (Å²) in [6, 6.07) is 14.7. The van der Waals surface area contributed by atoms with Crippen LogP contribution in [0.15, 0.2) is 36.4 Å². The van der Waals surface area contributed by atoms with E-state index in [1.54, 1.807) is 19.2 Å². The lowest BCUT2D eigenvalue weighted by Gasteiger charge is -2.12. The lowest BCUT2D eigenvalue weighted by molar-refractivity contribution is 0.290. The molecular formula is C19H22NO3. The number of nitrogens with one attached hydrogen (secondary N) is 1. The maximum Gasteiger partial charge on any atom is 0.131 e. The standard InChI is InChI=1S/C19H22NO3/c1-22-18-6-4-14(5-7-18)15-11-17(21)13-19(12-15)23-10-8-16-3-2-9-20-16/h4-7,11,13,16,20-21H,2-3,8-10H2,1H3. The summed E-state index contributed by atoms with van der Waals surface area (Å²) in [7, 11) is 1.64. The zero-order valence-corrected chi connectivity index (χ0v) is 13.3. The average Bonchev–Trinajstić information content (AvgIpc) is 3.08. The minimum absolute atomic E-state index is 0.184. The van der Waals surface area contributed by atoms with E-state index in [9.17, 15) is 5.11 Å². The lowest BCUT2D eigenvalue weighted by Crippen LogP contribution is -2.23. The zero-order chi connectivity index (χ0) is 16.1. The Bertz CT molecular complexity index is 634. The number of methoxy groups -OCH3 is 1. The van der Waals surface area contributed by atoms with Crippen LogP contribution in [0.3, 0.4) is 0 Å². The molecule has 0 amide bonds. The molecule has 1 radical (unpaired) electrons. The van der Waals surface area contributed by atoms with Crippen LogP contribution in [0.25, 0.3) is 11.1 Å². The normalized spacial score (nSPS) is 17.2. The second-order valence-electron chi connectivity index (χ2n) is 5.78. The van der Waals surface area contributed by atoms with Gasteiger partial charge in [0.15, 0.2) is 0 Å². The van der Waals surface area contributed by atoms with E-state index in [0.717, 1.165) is 29.8 Å². The fraction of sp³-hybridized carbons (Fsp3) is 0.368. The molecule has 0 saturated carbocycles. The number of phenolic OH excluding ortho intramolecular Hbond substituents is 1. The van der Waals surface area contributed by atoms with Gasteiger partial charge in [0.1, 0.15) is 17.2 Å². The smallest absolute Gasteiger partial charge is 0.131 e. The number of hydrogen-bond acceptors (Lipinski definition) is 4. The van der Waals surface area contributed by atoms with Crippen LogP contribution in [-0.2, 0) is 0 Å². The van der Waals surface area contributed by atoms with Gasteiger partial charge in [0, 0.05) is 18.2 Å². The second-order valence-corrected chi connectivity index (χ2v) is 5.78. The van der Waals surface area contributed by atoms with E-state index in [2.05, 4.69) is 11.4 Å². The third-order valence-electron chi connectivity index (χ3n) is 4.12. The minimum atomic E-state index is 0.184. The summed E-state index contributed by atoms with van der Waals surface area (Å²) in [6.07, 6.45) is 3.43.